The maximum absolute atomic E-state index is 12.6. The summed E-state index contributed by atoms with van der Waals surface area (Å²) in [4.78, 5) is 26.5. The number of fused-ring (bicyclic) bond motifs is 1. The minimum atomic E-state index is -0.836. The summed E-state index contributed by atoms with van der Waals surface area (Å²) in [5.74, 6) is 0.507. The Morgan fingerprint density at radius 2 is 1.04 bits per heavy atom. The first-order valence-electron chi connectivity index (χ1n) is 8.61. The molecule has 0 unspecified atom stereocenters. The van der Waals surface area contributed by atoms with Gasteiger partial charge in [0.05, 0.1) is 11.1 Å². The summed E-state index contributed by atoms with van der Waals surface area (Å²) in [5.41, 5.74) is 0.807. The Kier molecular flexibility index (Phi) is 4.58. The van der Waals surface area contributed by atoms with Crippen molar-refractivity contribution < 1.29 is 19.1 Å². The van der Waals surface area contributed by atoms with Crippen molar-refractivity contribution in [3.8, 4) is 11.5 Å². The average molecular weight is 359 g/mol. The molecule has 1 aliphatic heterocycles. The largest absolute Gasteiger partial charge is 0.453 e. The number of para-hydroxylation sites is 2. The molecule has 0 atom stereocenters. The van der Waals surface area contributed by atoms with Crippen LogP contribution in [0, 0.1) is 0 Å². The van der Waals surface area contributed by atoms with E-state index in [1.165, 1.54) is 4.90 Å². The van der Waals surface area contributed by atoms with Crippen molar-refractivity contribution in [2.45, 2.75) is 6.29 Å². The zero-order valence-corrected chi connectivity index (χ0v) is 14.4. The molecular weight excluding hydrogens is 342 g/mol. The predicted octanol–water partition coefficient (Wildman–Crippen LogP) is 3.77. The Hall–Kier alpha value is -3.60. The van der Waals surface area contributed by atoms with Crippen LogP contribution in [-0.2, 0) is 0 Å². The van der Waals surface area contributed by atoms with Crippen LogP contribution in [0.25, 0.3) is 0 Å². The van der Waals surface area contributed by atoms with E-state index < -0.39 is 6.29 Å². The van der Waals surface area contributed by atoms with Gasteiger partial charge in [-0.2, -0.15) is 0 Å². The van der Waals surface area contributed by atoms with E-state index in [4.69, 9.17) is 9.47 Å². The first-order chi connectivity index (χ1) is 13.2. The van der Waals surface area contributed by atoms with Gasteiger partial charge in [0.1, 0.15) is 18.0 Å². The van der Waals surface area contributed by atoms with Gasteiger partial charge in [-0.3, -0.25) is 14.5 Å². The van der Waals surface area contributed by atoms with Gasteiger partial charge in [0.15, 0.2) is 0 Å². The highest BCUT2D eigenvalue weighted by atomic mass is 16.7. The summed E-state index contributed by atoms with van der Waals surface area (Å²) >= 11 is 0. The van der Waals surface area contributed by atoms with E-state index in [0.717, 1.165) is 0 Å². The fraction of sp³-hybridized carbons (Fsp3) is 0.0909. The molecule has 0 N–H and O–H groups in total. The zero-order valence-electron chi connectivity index (χ0n) is 14.4. The monoisotopic (exact) mass is 359 g/mol. The van der Waals surface area contributed by atoms with Gasteiger partial charge in [-0.1, -0.05) is 48.5 Å². The lowest BCUT2D eigenvalue weighted by atomic mass is 10.1. The van der Waals surface area contributed by atoms with Crippen LogP contribution in [0.5, 0.6) is 11.5 Å². The second kappa shape index (κ2) is 7.33. The Labute approximate surface area is 156 Å². The van der Waals surface area contributed by atoms with Crippen LogP contribution in [0.4, 0.5) is 0 Å². The summed E-state index contributed by atoms with van der Waals surface area (Å²) < 4.78 is 11.8. The molecule has 0 fully saturated rings. The van der Waals surface area contributed by atoms with Crippen molar-refractivity contribution in [1.29, 1.82) is 0 Å². The van der Waals surface area contributed by atoms with E-state index in [2.05, 4.69) is 0 Å². The summed E-state index contributed by atoms with van der Waals surface area (Å²) in [7, 11) is 0. The molecule has 3 aromatic rings. The van der Waals surface area contributed by atoms with Gasteiger partial charge in [0.2, 0.25) is 0 Å². The number of hydrogen-bond acceptors (Lipinski definition) is 4. The fourth-order valence-corrected chi connectivity index (χ4v) is 2.95. The summed E-state index contributed by atoms with van der Waals surface area (Å²) in [5, 5.41) is 0. The van der Waals surface area contributed by atoms with E-state index in [0.29, 0.717) is 22.6 Å². The normalized spacial score (nSPS) is 13.0. The number of hydrogen-bond donors (Lipinski definition) is 0. The number of carbonyl (C=O) groups is 2. The molecule has 0 aromatic heterocycles. The second-order valence-electron chi connectivity index (χ2n) is 6.06. The van der Waals surface area contributed by atoms with Crippen LogP contribution < -0.4 is 9.47 Å². The van der Waals surface area contributed by atoms with E-state index in [1.54, 1.807) is 48.5 Å². The van der Waals surface area contributed by atoms with Gasteiger partial charge in [-0.15, -0.1) is 0 Å². The quantitative estimate of drug-likeness (QED) is 0.497. The number of amides is 2. The minimum absolute atomic E-state index is 0.0177. The molecule has 0 radical (unpaired) electrons. The predicted molar refractivity (Wildman–Crippen MR) is 99.7 cm³/mol. The Morgan fingerprint density at radius 3 is 1.48 bits per heavy atom. The van der Waals surface area contributed by atoms with Crippen molar-refractivity contribution in [3.05, 3.63) is 96.1 Å². The molecule has 0 saturated heterocycles. The number of carbonyl (C=O) groups excluding carboxylic acids is 2. The molecule has 134 valence electrons. The van der Waals surface area contributed by atoms with Crippen LogP contribution in [0.2, 0.25) is 0 Å². The van der Waals surface area contributed by atoms with Gasteiger partial charge < -0.3 is 9.47 Å². The van der Waals surface area contributed by atoms with Gasteiger partial charge in [-0.25, -0.2) is 0 Å². The third-order valence-corrected chi connectivity index (χ3v) is 4.23. The molecule has 4 rings (SSSR count). The van der Waals surface area contributed by atoms with Crippen LogP contribution in [0.3, 0.4) is 0 Å². The van der Waals surface area contributed by atoms with Crippen LogP contribution >= 0.6 is 0 Å². The highest BCUT2D eigenvalue weighted by Crippen LogP contribution is 2.24. The Bertz CT molecular complexity index is 880. The lowest BCUT2D eigenvalue weighted by Crippen LogP contribution is -2.42. The van der Waals surface area contributed by atoms with Crippen LogP contribution in [-0.4, -0.2) is 29.5 Å². The fourth-order valence-electron chi connectivity index (χ4n) is 2.95. The van der Waals surface area contributed by atoms with Gasteiger partial charge >= 0.3 is 0 Å². The molecule has 0 bridgehead atoms. The smallest absolute Gasteiger partial charge is 0.261 e. The minimum Gasteiger partial charge on any atom is -0.453 e. The molecule has 0 spiro atoms. The van der Waals surface area contributed by atoms with Gasteiger partial charge in [0, 0.05) is 0 Å². The van der Waals surface area contributed by atoms with E-state index in [9.17, 15) is 9.59 Å². The first kappa shape index (κ1) is 16.8. The molecule has 5 heteroatoms. The van der Waals surface area contributed by atoms with Gasteiger partial charge in [-0.05, 0) is 36.4 Å². The molecule has 2 amide bonds. The molecular formula is C22H17NO4. The van der Waals surface area contributed by atoms with Crippen molar-refractivity contribution in [1.82, 2.24) is 4.90 Å². The maximum Gasteiger partial charge on any atom is 0.261 e. The maximum atomic E-state index is 12.6. The van der Waals surface area contributed by atoms with Crippen LogP contribution in [0.1, 0.15) is 20.7 Å². The first-order valence-corrected chi connectivity index (χ1v) is 8.61. The summed E-state index contributed by atoms with van der Waals surface area (Å²) in [6.45, 7) is -0.0177. The molecule has 1 heterocycles. The van der Waals surface area contributed by atoms with E-state index >= 15 is 0 Å². The highest BCUT2D eigenvalue weighted by molar-refractivity contribution is 6.21. The average Bonchev–Trinajstić information content (AvgIpc) is 2.95. The Morgan fingerprint density at radius 1 is 0.630 bits per heavy atom. The van der Waals surface area contributed by atoms with E-state index in [-0.39, 0.29) is 18.4 Å². The molecule has 3 aromatic carbocycles. The molecule has 1 aliphatic rings. The molecule has 0 saturated carbocycles. The number of ether oxygens (including phenoxy) is 2. The highest BCUT2D eigenvalue weighted by Gasteiger charge is 2.37. The SMILES string of the molecule is O=C1c2ccccc2C(=O)N1CC(Oc1ccccc1)Oc1ccccc1. The van der Waals surface area contributed by atoms with E-state index in [1.807, 2.05) is 36.4 Å². The van der Waals surface area contributed by atoms with Crippen molar-refractivity contribution in [2.75, 3.05) is 6.54 Å². The topological polar surface area (TPSA) is 55.8 Å². The lowest BCUT2D eigenvalue weighted by Gasteiger charge is -2.24. The third-order valence-electron chi connectivity index (χ3n) is 4.23. The zero-order chi connectivity index (χ0) is 18.6. The standard InChI is InChI=1S/C22H17NO4/c24-21-18-13-7-8-14-19(18)22(25)23(21)15-20(26-16-9-3-1-4-10-16)27-17-11-5-2-6-12-17/h1-14,20H,15H2. The van der Waals surface area contributed by atoms with Crippen molar-refractivity contribution in [3.63, 3.8) is 0 Å². The number of benzene rings is 3. The van der Waals surface area contributed by atoms with Crippen molar-refractivity contribution in [2.24, 2.45) is 0 Å². The summed E-state index contributed by atoms with van der Waals surface area (Å²) in [6, 6.07) is 25.1. The summed E-state index contributed by atoms with van der Waals surface area (Å²) in [6.07, 6.45) is -0.836. The Balaban J connectivity index is 1.57. The van der Waals surface area contributed by atoms with Crippen molar-refractivity contribution >= 4 is 11.8 Å². The molecule has 5 nitrogen and oxygen atoms in total. The third kappa shape index (κ3) is 3.53. The van der Waals surface area contributed by atoms with Crippen LogP contribution in [0.15, 0.2) is 84.9 Å². The lowest BCUT2D eigenvalue weighted by molar-refractivity contribution is -0.0137. The molecule has 0 aliphatic carbocycles. The van der Waals surface area contributed by atoms with Gasteiger partial charge in [0.25, 0.3) is 18.1 Å². The molecule has 27 heavy (non-hydrogen) atoms. The second-order valence-corrected chi connectivity index (χ2v) is 6.06. The number of rotatable bonds is 6. The number of nitrogens with zero attached hydrogens (tertiary/aromatic N) is 1. The number of imide groups is 1.